The van der Waals surface area contributed by atoms with E-state index < -0.39 is 0 Å². The van der Waals surface area contributed by atoms with Gasteiger partial charge in [-0.1, -0.05) is 12.1 Å². The van der Waals surface area contributed by atoms with Crippen molar-refractivity contribution in [3.8, 4) is 0 Å². The summed E-state index contributed by atoms with van der Waals surface area (Å²) in [5.41, 5.74) is 1.73. The van der Waals surface area contributed by atoms with Crippen molar-refractivity contribution in [2.24, 2.45) is 0 Å². The van der Waals surface area contributed by atoms with E-state index in [2.05, 4.69) is 5.32 Å². The minimum absolute atomic E-state index is 0.0785. The van der Waals surface area contributed by atoms with E-state index >= 15 is 0 Å². The van der Waals surface area contributed by atoms with Crippen LogP contribution in [0.15, 0.2) is 18.2 Å². The molecule has 3 heteroatoms. The predicted molar refractivity (Wildman–Crippen MR) is 71.1 cm³/mol. The SMILES string of the molecule is CNC(CCC1CCCO1)c1ccc(C)cc1F. The standard InChI is InChI=1S/C15H22FNO/c1-11-5-7-13(14(16)10-11)15(17-2)8-6-12-4-3-9-18-12/h5,7,10,12,15,17H,3-4,6,8-9H2,1-2H3. The van der Waals surface area contributed by atoms with E-state index in [-0.39, 0.29) is 11.9 Å². The summed E-state index contributed by atoms with van der Waals surface area (Å²) in [6.07, 6.45) is 4.59. The number of benzene rings is 1. The highest BCUT2D eigenvalue weighted by molar-refractivity contribution is 5.26. The highest BCUT2D eigenvalue weighted by atomic mass is 19.1. The second kappa shape index (κ2) is 6.30. The highest BCUT2D eigenvalue weighted by Gasteiger charge is 2.19. The Morgan fingerprint density at radius 3 is 2.94 bits per heavy atom. The maximum atomic E-state index is 13.9. The van der Waals surface area contributed by atoms with Crippen LogP contribution in [0.25, 0.3) is 0 Å². The molecule has 1 aromatic carbocycles. The predicted octanol–water partition coefficient (Wildman–Crippen LogP) is 3.35. The van der Waals surface area contributed by atoms with Gasteiger partial charge in [-0.25, -0.2) is 4.39 Å². The third-order valence-electron chi connectivity index (χ3n) is 3.68. The largest absolute Gasteiger partial charge is 0.378 e. The van der Waals surface area contributed by atoms with Gasteiger partial charge in [0, 0.05) is 18.2 Å². The Balaban J connectivity index is 1.98. The molecule has 1 heterocycles. The lowest BCUT2D eigenvalue weighted by atomic mass is 9.98. The molecule has 2 nitrogen and oxygen atoms in total. The van der Waals surface area contributed by atoms with Crippen LogP contribution >= 0.6 is 0 Å². The maximum Gasteiger partial charge on any atom is 0.128 e. The number of hydrogen-bond acceptors (Lipinski definition) is 2. The molecule has 1 fully saturated rings. The van der Waals surface area contributed by atoms with Gasteiger partial charge in [0.15, 0.2) is 0 Å². The second-order valence-electron chi connectivity index (χ2n) is 5.08. The summed E-state index contributed by atoms with van der Waals surface area (Å²) in [5.74, 6) is -0.110. The van der Waals surface area contributed by atoms with E-state index in [1.54, 1.807) is 6.07 Å². The summed E-state index contributed by atoms with van der Waals surface area (Å²) < 4.78 is 19.5. The minimum Gasteiger partial charge on any atom is -0.378 e. The van der Waals surface area contributed by atoms with Crippen molar-refractivity contribution < 1.29 is 9.13 Å². The van der Waals surface area contributed by atoms with Crippen LogP contribution in [0.4, 0.5) is 4.39 Å². The summed E-state index contributed by atoms with van der Waals surface area (Å²) in [6, 6.07) is 5.54. The third-order valence-corrected chi connectivity index (χ3v) is 3.68. The monoisotopic (exact) mass is 251 g/mol. The zero-order valence-electron chi connectivity index (χ0n) is 11.2. The molecule has 0 saturated carbocycles. The van der Waals surface area contributed by atoms with E-state index in [4.69, 9.17) is 4.74 Å². The van der Waals surface area contributed by atoms with Crippen molar-refractivity contribution in [3.63, 3.8) is 0 Å². The number of hydrogen-bond donors (Lipinski definition) is 1. The van der Waals surface area contributed by atoms with Crippen molar-refractivity contribution in [2.75, 3.05) is 13.7 Å². The van der Waals surface area contributed by atoms with Crippen molar-refractivity contribution in [1.29, 1.82) is 0 Å². The van der Waals surface area contributed by atoms with Gasteiger partial charge in [-0.2, -0.15) is 0 Å². The molecule has 2 rings (SSSR count). The molecule has 100 valence electrons. The molecule has 1 aliphatic rings. The molecule has 0 radical (unpaired) electrons. The average Bonchev–Trinajstić information content (AvgIpc) is 2.85. The maximum absolute atomic E-state index is 13.9. The fourth-order valence-electron chi connectivity index (χ4n) is 2.59. The van der Waals surface area contributed by atoms with Crippen LogP contribution in [-0.2, 0) is 4.74 Å². The molecule has 0 bridgehead atoms. The van der Waals surface area contributed by atoms with Gasteiger partial charge in [0.1, 0.15) is 5.82 Å². The first kappa shape index (κ1) is 13.5. The van der Waals surface area contributed by atoms with Gasteiger partial charge in [-0.05, 0) is 51.3 Å². The van der Waals surface area contributed by atoms with Crippen LogP contribution in [0.5, 0.6) is 0 Å². The van der Waals surface area contributed by atoms with Crippen LogP contribution < -0.4 is 5.32 Å². The highest BCUT2D eigenvalue weighted by Crippen LogP contribution is 2.25. The number of aryl methyl sites for hydroxylation is 1. The number of rotatable bonds is 5. The number of halogens is 1. The topological polar surface area (TPSA) is 21.3 Å². The van der Waals surface area contributed by atoms with E-state index in [1.165, 1.54) is 0 Å². The molecule has 1 N–H and O–H groups in total. The van der Waals surface area contributed by atoms with Gasteiger partial charge in [0.25, 0.3) is 0 Å². The Bertz CT molecular complexity index is 388. The molecule has 2 unspecified atom stereocenters. The van der Waals surface area contributed by atoms with Crippen LogP contribution in [-0.4, -0.2) is 19.8 Å². The van der Waals surface area contributed by atoms with E-state index in [9.17, 15) is 4.39 Å². The molecule has 18 heavy (non-hydrogen) atoms. The Kier molecular flexibility index (Phi) is 4.72. The summed E-state index contributed by atoms with van der Waals surface area (Å²) in [7, 11) is 1.89. The quantitative estimate of drug-likeness (QED) is 0.866. The van der Waals surface area contributed by atoms with Crippen molar-refractivity contribution in [1.82, 2.24) is 5.32 Å². The Morgan fingerprint density at radius 2 is 2.33 bits per heavy atom. The Labute approximate surface area is 109 Å². The molecule has 0 spiro atoms. The lowest BCUT2D eigenvalue weighted by Gasteiger charge is -2.19. The molecular formula is C15H22FNO. The molecule has 1 aromatic rings. The second-order valence-corrected chi connectivity index (χ2v) is 5.08. The number of nitrogens with one attached hydrogen (secondary N) is 1. The van der Waals surface area contributed by atoms with Crippen molar-refractivity contribution in [3.05, 3.63) is 35.1 Å². The minimum atomic E-state index is -0.110. The summed E-state index contributed by atoms with van der Waals surface area (Å²) in [6.45, 7) is 2.79. The molecule has 0 aliphatic carbocycles. The van der Waals surface area contributed by atoms with Crippen molar-refractivity contribution >= 4 is 0 Å². The van der Waals surface area contributed by atoms with Gasteiger partial charge in [0.2, 0.25) is 0 Å². The average molecular weight is 251 g/mol. The van der Waals surface area contributed by atoms with Gasteiger partial charge in [-0.15, -0.1) is 0 Å². The molecule has 2 atom stereocenters. The van der Waals surface area contributed by atoms with Crippen LogP contribution in [0.1, 0.15) is 42.9 Å². The van der Waals surface area contributed by atoms with Gasteiger partial charge >= 0.3 is 0 Å². The third kappa shape index (κ3) is 3.30. The smallest absolute Gasteiger partial charge is 0.128 e. The lowest BCUT2D eigenvalue weighted by Crippen LogP contribution is -2.20. The van der Waals surface area contributed by atoms with E-state index in [1.807, 2.05) is 26.1 Å². The summed E-state index contributed by atoms with van der Waals surface area (Å²) in [5, 5.41) is 3.21. The number of ether oxygens (including phenoxy) is 1. The fraction of sp³-hybridized carbons (Fsp3) is 0.600. The van der Waals surface area contributed by atoms with Crippen LogP contribution in [0, 0.1) is 12.7 Å². The van der Waals surface area contributed by atoms with Gasteiger partial charge < -0.3 is 10.1 Å². The van der Waals surface area contributed by atoms with Crippen molar-refractivity contribution in [2.45, 2.75) is 44.8 Å². The molecular weight excluding hydrogens is 229 g/mol. The van der Waals surface area contributed by atoms with E-state index in [0.717, 1.165) is 43.4 Å². The van der Waals surface area contributed by atoms with Gasteiger partial charge in [0.05, 0.1) is 6.10 Å². The summed E-state index contributed by atoms with van der Waals surface area (Å²) >= 11 is 0. The first-order valence-corrected chi connectivity index (χ1v) is 6.75. The molecule has 0 aromatic heterocycles. The molecule has 0 amide bonds. The van der Waals surface area contributed by atoms with Crippen LogP contribution in [0.2, 0.25) is 0 Å². The zero-order valence-corrected chi connectivity index (χ0v) is 11.2. The Hall–Kier alpha value is -0.930. The van der Waals surface area contributed by atoms with Gasteiger partial charge in [-0.3, -0.25) is 0 Å². The lowest BCUT2D eigenvalue weighted by molar-refractivity contribution is 0.0997. The first-order valence-electron chi connectivity index (χ1n) is 6.75. The normalized spacial score (nSPS) is 21.2. The van der Waals surface area contributed by atoms with E-state index in [0.29, 0.717) is 6.10 Å². The molecule has 1 aliphatic heterocycles. The Morgan fingerprint density at radius 1 is 1.50 bits per heavy atom. The first-order chi connectivity index (χ1) is 8.70. The molecule has 1 saturated heterocycles. The van der Waals surface area contributed by atoms with Crippen LogP contribution in [0.3, 0.4) is 0 Å². The zero-order chi connectivity index (χ0) is 13.0. The fourth-order valence-corrected chi connectivity index (χ4v) is 2.59. The summed E-state index contributed by atoms with van der Waals surface area (Å²) in [4.78, 5) is 0.